The summed E-state index contributed by atoms with van der Waals surface area (Å²) < 4.78 is 20.6. The molecule has 0 saturated heterocycles. The minimum atomic E-state index is -1.05. The van der Waals surface area contributed by atoms with Gasteiger partial charge in [0.2, 0.25) is 5.91 Å². The van der Waals surface area contributed by atoms with E-state index in [1.807, 2.05) is 35.9 Å². The molecular formula is C23H26FN3O3S. The molecule has 8 heteroatoms. The van der Waals surface area contributed by atoms with Gasteiger partial charge in [0.05, 0.1) is 6.54 Å². The van der Waals surface area contributed by atoms with Gasteiger partial charge in [0.25, 0.3) is 5.91 Å². The largest absolute Gasteiger partial charge is 0.382 e. The molecule has 1 aliphatic rings. The Labute approximate surface area is 184 Å². The fraction of sp³-hybridized carbons (Fsp3) is 0.391. The third kappa shape index (κ3) is 4.09. The quantitative estimate of drug-likeness (QED) is 0.539. The number of thiophene rings is 1. The van der Waals surface area contributed by atoms with E-state index in [9.17, 15) is 14.0 Å². The third-order valence-corrected chi connectivity index (χ3v) is 6.71. The van der Waals surface area contributed by atoms with Crippen LogP contribution in [0.3, 0.4) is 0 Å². The Morgan fingerprint density at radius 3 is 2.81 bits per heavy atom. The first-order valence-electron chi connectivity index (χ1n) is 10.4. The maximum Gasteiger partial charge on any atom is 0.271 e. The molecule has 0 radical (unpaired) electrons. The van der Waals surface area contributed by atoms with Crippen molar-refractivity contribution in [2.75, 3.05) is 19.8 Å². The molecule has 164 valence electrons. The van der Waals surface area contributed by atoms with Crippen LogP contribution >= 0.6 is 11.3 Å². The Morgan fingerprint density at radius 2 is 2.06 bits per heavy atom. The summed E-state index contributed by atoms with van der Waals surface area (Å²) in [5.41, 5.74) is 0.361. The number of aromatic nitrogens is 1. The van der Waals surface area contributed by atoms with Crippen molar-refractivity contribution in [3.8, 4) is 0 Å². The predicted octanol–water partition coefficient (Wildman–Crippen LogP) is 3.80. The first-order chi connectivity index (χ1) is 14.9. The number of amides is 2. The highest BCUT2D eigenvalue weighted by Gasteiger charge is 2.47. The normalized spacial score (nSPS) is 18.4. The second kappa shape index (κ2) is 8.80. The first-order valence-corrected chi connectivity index (χ1v) is 11.3. The number of benzene rings is 1. The lowest BCUT2D eigenvalue weighted by Gasteiger charge is -2.44. The number of carbonyl (C=O) groups excluding carboxylic acids is 2. The number of hydrogen-bond acceptors (Lipinski definition) is 4. The molecule has 1 aromatic carbocycles. The molecule has 3 heterocycles. The summed E-state index contributed by atoms with van der Waals surface area (Å²) in [6, 6.07) is 9.91. The third-order valence-electron chi connectivity index (χ3n) is 5.76. The minimum absolute atomic E-state index is 0.148. The van der Waals surface area contributed by atoms with Crippen LogP contribution in [0, 0.1) is 5.82 Å². The molecule has 0 aliphatic carbocycles. The molecular weight excluding hydrogens is 417 g/mol. The number of nitrogens with one attached hydrogen (secondary N) is 1. The van der Waals surface area contributed by atoms with Crippen LogP contribution in [0.4, 0.5) is 4.39 Å². The molecule has 6 nitrogen and oxygen atoms in total. The highest BCUT2D eigenvalue weighted by molar-refractivity contribution is 7.16. The fourth-order valence-corrected chi connectivity index (χ4v) is 4.95. The molecule has 1 N–H and O–H groups in total. The SMILES string of the molecule is CCOCCCN1C(=O)c2cc3ccsc3n2C[C@]1(C)C(=O)NCc1ccc(F)cc1. The summed E-state index contributed by atoms with van der Waals surface area (Å²) in [5, 5.41) is 5.95. The molecule has 0 fully saturated rings. The average molecular weight is 444 g/mol. The van der Waals surface area contributed by atoms with Crippen molar-refractivity contribution in [2.45, 2.75) is 38.9 Å². The van der Waals surface area contributed by atoms with E-state index in [1.54, 1.807) is 28.4 Å². The number of halogens is 1. The molecule has 4 rings (SSSR count). The highest BCUT2D eigenvalue weighted by atomic mass is 32.1. The van der Waals surface area contributed by atoms with Crippen molar-refractivity contribution in [3.05, 3.63) is 58.9 Å². The second-order valence-corrected chi connectivity index (χ2v) is 8.78. The standard InChI is InChI=1S/C23H26FN3O3S/c1-3-30-11-4-10-27-20(28)19-13-17-9-12-31-21(17)26(19)15-23(27,2)22(29)25-14-16-5-7-18(24)8-6-16/h5-9,12-13H,3-4,10-11,14-15H2,1-2H3,(H,25,29)/t23-/m1/s1. The molecule has 2 amide bonds. The predicted molar refractivity (Wildman–Crippen MR) is 119 cm³/mol. The van der Waals surface area contributed by atoms with E-state index in [4.69, 9.17) is 4.74 Å². The van der Waals surface area contributed by atoms with Crippen molar-refractivity contribution in [1.29, 1.82) is 0 Å². The van der Waals surface area contributed by atoms with Gasteiger partial charge in [-0.2, -0.15) is 0 Å². The summed E-state index contributed by atoms with van der Waals surface area (Å²) in [6.07, 6.45) is 0.648. The van der Waals surface area contributed by atoms with E-state index in [-0.39, 0.29) is 24.2 Å². The van der Waals surface area contributed by atoms with Gasteiger partial charge in [0.1, 0.15) is 21.9 Å². The smallest absolute Gasteiger partial charge is 0.271 e. The zero-order valence-corrected chi connectivity index (χ0v) is 18.5. The molecule has 0 spiro atoms. The van der Waals surface area contributed by atoms with Gasteiger partial charge in [-0.3, -0.25) is 9.59 Å². The van der Waals surface area contributed by atoms with Crippen molar-refractivity contribution in [2.24, 2.45) is 0 Å². The highest BCUT2D eigenvalue weighted by Crippen LogP contribution is 2.34. The van der Waals surface area contributed by atoms with Crippen molar-refractivity contribution >= 4 is 33.4 Å². The van der Waals surface area contributed by atoms with Crippen molar-refractivity contribution in [3.63, 3.8) is 0 Å². The fourth-order valence-electron chi connectivity index (χ4n) is 4.05. The summed E-state index contributed by atoms with van der Waals surface area (Å²) in [5.74, 6) is -0.697. The van der Waals surface area contributed by atoms with E-state index in [0.717, 1.165) is 15.8 Å². The number of hydrogen-bond donors (Lipinski definition) is 1. The van der Waals surface area contributed by atoms with Gasteiger partial charge < -0.3 is 19.5 Å². The average Bonchev–Trinajstić information content (AvgIpc) is 3.35. The van der Waals surface area contributed by atoms with Crippen molar-refractivity contribution in [1.82, 2.24) is 14.8 Å². The lowest BCUT2D eigenvalue weighted by atomic mass is 9.94. The molecule has 0 bridgehead atoms. The van der Waals surface area contributed by atoms with E-state index in [2.05, 4.69) is 5.32 Å². The van der Waals surface area contributed by atoms with Crippen LogP contribution < -0.4 is 5.32 Å². The van der Waals surface area contributed by atoms with Crippen LogP contribution in [0.2, 0.25) is 0 Å². The number of fused-ring (bicyclic) bond motifs is 3. The van der Waals surface area contributed by atoms with E-state index in [0.29, 0.717) is 38.4 Å². The summed E-state index contributed by atoms with van der Waals surface area (Å²) >= 11 is 1.57. The zero-order chi connectivity index (χ0) is 22.0. The Morgan fingerprint density at radius 1 is 1.29 bits per heavy atom. The Balaban J connectivity index is 1.60. The van der Waals surface area contributed by atoms with Crippen LogP contribution in [0.15, 0.2) is 41.8 Å². The van der Waals surface area contributed by atoms with Gasteiger partial charge in [-0.15, -0.1) is 11.3 Å². The van der Waals surface area contributed by atoms with Crippen LogP contribution in [0.1, 0.15) is 36.3 Å². The minimum Gasteiger partial charge on any atom is -0.382 e. The lowest BCUT2D eigenvalue weighted by molar-refractivity contribution is -0.133. The Kier molecular flexibility index (Phi) is 6.11. The maximum absolute atomic E-state index is 13.4. The van der Waals surface area contributed by atoms with Gasteiger partial charge in [-0.1, -0.05) is 12.1 Å². The number of ether oxygens (including phenoxy) is 1. The summed E-state index contributed by atoms with van der Waals surface area (Å²) in [4.78, 5) is 29.5. The lowest BCUT2D eigenvalue weighted by Crippen LogP contribution is -2.64. The maximum atomic E-state index is 13.4. The van der Waals surface area contributed by atoms with Gasteiger partial charge in [-0.25, -0.2) is 4.39 Å². The second-order valence-electron chi connectivity index (χ2n) is 7.89. The molecule has 0 saturated carbocycles. The van der Waals surface area contributed by atoms with Crippen LogP contribution in [0.25, 0.3) is 10.2 Å². The molecule has 0 unspecified atom stereocenters. The van der Waals surface area contributed by atoms with Crippen LogP contribution in [-0.2, 0) is 22.6 Å². The molecule has 1 aliphatic heterocycles. The zero-order valence-electron chi connectivity index (χ0n) is 17.7. The van der Waals surface area contributed by atoms with Gasteiger partial charge in [0.15, 0.2) is 0 Å². The van der Waals surface area contributed by atoms with Crippen molar-refractivity contribution < 1.29 is 18.7 Å². The molecule has 2 aromatic heterocycles. The monoisotopic (exact) mass is 443 g/mol. The summed E-state index contributed by atoms with van der Waals surface area (Å²) in [7, 11) is 0. The Bertz CT molecular complexity index is 1090. The number of nitrogens with zero attached hydrogens (tertiary/aromatic N) is 2. The van der Waals surface area contributed by atoms with E-state index >= 15 is 0 Å². The summed E-state index contributed by atoms with van der Waals surface area (Å²) in [6.45, 7) is 5.96. The van der Waals surface area contributed by atoms with Crippen LogP contribution in [-0.4, -0.2) is 46.6 Å². The van der Waals surface area contributed by atoms with Gasteiger partial charge >= 0.3 is 0 Å². The molecule has 31 heavy (non-hydrogen) atoms. The van der Waals surface area contributed by atoms with Crippen LogP contribution in [0.5, 0.6) is 0 Å². The van der Waals surface area contributed by atoms with E-state index < -0.39 is 5.54 Å². The number of rotatable bonds is 8. The first kappa shape index (κ1) is 21.5. The topological polar surface area (TPSA) is 63.6 Å². The number of carbonyl (C=O) groups is 2. The molecule has 1 atom stereocenters. The Hall–Kier alpha value is -2.71. The van der Waals surface area contributed by atoms with E-state index in [1.165, 1.54) is 12.1 Å². The van der Waals surface area contributed by atoms with Gasteiger partial charge in [-0.05, 0) is 55.5 Å². The molecule has 3 aromatic rings. The van der Waals surface area contributed by atoms with Gasteiger partial charge in [0, 0.05) is 31.7 Å².